The second-order valence-corrected chi connectivity index (χ2v) is 5.10. The number of benzene rings is 2. The predicted molar refractivity (Wildman–Crippen MR) is 82.0 cm³/mol. The molecule has 0 spiro atoms. The van der Waals surface area contributed by atoms with E-state index in [9.17, 15) is 0 Å². The first kappa shape index (κ1) is 13.9. The lowest BCUT2D eigenvalue weighted by molar-refractivity contribution is 0.335. The fraction of sp³-hybridized carbons (Fsp3) is 0.412. The van der Waals surface area contributed by atoms with Gasteiger partial charge in [-0.05, 0) is 57.2 Å². The highest BCUT2D eigenvalue weighted by Gasteiger charge is 2.08. The second kappa shape index (κ2) is 6.58. The summed E-state index contributed by atoms with van der Waals surface area (Å²) in [7, 11) is 4.24. The van der Waals surface area contributed by atoms with Gasteiger partial charge in [0.1, 0.15) is 5.75 Å². The molecular weight excluding hydrogens is 234 g/mol. The lowest BCUT2D eigenvalue weighted by atomic mass is 9.99. The molecule has 0 aromatic heterocycles. The third-order valence-corrected chi connectivity index (χ3v) is 3.33. The Bertz CT molecular complexity index is 534. The van der Waals surface area contributed by atoms with Gasteiger partial charge in [0.2, 0.25) is 0 Å². The molecule has 2 heteroatoms. The van der Waals surface area contributed by atoms with Crippen LogP contribution in [0.5, 0.6) is 5.75 Å². The van der Waals surface area contributed by atoms with E-state index < -0.39 is 0 Å². The molecule has 0 amide bonds. The molecule has 2 aromatic rings. The molecular formula is C17H23NO. The monoisotopic (exact) mass is 257 g/mol. The minimum Gasteiger partial charge on any atom is -0.494 e. The molecule has 0 aliphatic rings. The van der Waals surface area contributed by atoms with Crippen molar-refractivity contribution in [1.29, 1.82) is 0 Å². The molecule has 0 bridgehead atoms. The van der Waals surface area contributed by atoms with Crippen molar-refractivity contribution in [1.82, 2.24) is 4.90 Å². The lowest BCUT2D eigenvalue weighted by Gasteiger charge is -2.15. The highest BCUT2D eigenvalue weighted by Crippen LogP contribution is 2.29. The Morgan fingerprint density at radius 2 is 1.84 bits per heavy atom. The first-order chi connectivity index (χ1) is 9.22. The summed E-state index contributed by atoms with van der Waals surface area (Å²) < 4.78 is 5.79. The molecule has 0 radical (unpaired) electrons. The van der Waals surface area contributed by atoms with E-state index in [0.717, 1.165) is 31.7 Å². The van der Waals surface area contributed by atoms with Gasteiger partial charge in [0.05, 0.1) is 6.61 Å². The van der Waals surface area contributed by atoms with E-state index >= 15 is 0 Å². The van der Waals surface area contributed by atoms with Gasteiger partial charge >= 0.3 is 0 Å². The minimum atomic E-state index is 0.721. The largest absolute Gasteiger partial charge is 0.494 e. The molecule has 0 saturated carbocycles. The van der Waals surface area contributed by atoms with E-state index in [0.29, 0.717) is 0 Å². The minimum absolute atomic E-state index is 0.721. The van der Waals surface area contributed by atoms with Crippen LogP contribution in [-0.2, 0) is 6.42 Å². The maximum atomic E-state index is 5.79. The van der Waals surface area contributed by atoms with E-state index in [-0.39, 0.29) is 0 Å². The van der Waals surface area contributed by atoms with Gasteiger partial charge in [0.15, 0.2) is 0 Å². The number of fused-ring (bicyclic) bond motifs is 1. The van der Waals surface area contributed by atoms with Gasteiger partial charge in [0.25, 0.3) is 0 Å². The molecule has 2 aromatic carbocycles. The van der Waals surface area contributed by atoms with Crippen LogP contribution in [0.2, 0.25) is 0 Å². The van der Waals surface area contributed by atoms with Gasteiger partial charge in [-0.2, -0.15) is 0 Å². The van der Waals surface area contributed by atoms with Crippen molar-refractivity contribution in [3.05, 3.63) is 42.0 Å². The summed E-state index contributed by atoms with van der Waals surface area (Å²) in [6, 6.07) is 12.8. The maximum absolute atomic E-state index is 5.79. The third kappa shape index (κ3) is 3.48. The predicted octanol–water partition coefficient (Wildman–Crippen LogP) is 3.73. The van der Waals surface area contributed by atoms with Gasteiger partial charge in [0, 0.05) is 5.56 Å². The number of hydrogen-bond acceptors (Lipinski definition) is 2. The molecule has 19 heavy (non-hydrogen) atoms. The van der Waals surface area contributed by atoms with Crippen LogP contribution in [0.25, 0.3) is 10.8 Å². The summed E-state index contributed by atoms with van der Waals surface area (Å²) in [5.41, 5.74) is 1.35. The first-order valence-electron chi connectivity index (χ1n) is 7.00. The number of ether oxygens (including phenoxy) is 1. The molecule has 0 unspecified atom stereocenters. The van der Waals surface area contributed by atoms with Crippen LogP contribution in [0.15, 0.2) is 36.4 Å². The normalized spacial score (nSPS) is 11.2. The van der Waals surface area contributed by atoms with E-state index in [1.165, 1.54) is 16.3 Å². The van der Waals surface area contributed by atoms with E-state index in [2.05, 4.69) is 55.4 Å². The van der Waals surface area contributed by atoms with Gasteiger partial charge in [-0.3, -0.25) is 0 Å². The summed E-state index contributed by atoms with van der Waals surface area (Å²) >= 11 is 0. The Labute approximate surface area is 116 Å². The zero-order valence-corrected chi connectivity index (χ0v) is 12.1. The average molecular weight is 257 g/mol. The van der Waals surface area contributed by atoms with Crippen LogP contribution < -0.4 is 4.74 Å². The van der Waals surface area contributed by atoms with Gasteiger partial charge in [-0.25, -0.2) is 0 Å². The molecule has 0 atom stereocenters. The Balaban J connectivity index is 2.32. The number of aryl methyl sites for hydroxylation is 1. The van der Waals surface area contributed by atoms with Crippen LogP contribution in [0.1, 0.15) is 18.9 Å². The van der Waals surface area contributed by atoms with Crippen molar-refractivity contribution in [2.75, 3.05) is 27.2 Å². The topological polar surface area (TPSA) is 12.5 Å². The summed E-state index contributed by atoms with van der Waals surface area (Å²) in [5, 5.41) is 2.62. The van der Waals surface area contributed by atoms with Crippen molar-refractivity contribution >= 4 is 10.8 Å². The molecule has 102 valence electrons. The molecule has 0 aliphatic carbocycles. The van der Waals surface area contributed by atoms with Crippen LogP contribution in [0.4, 0.5) is 0 Å². The van der Waals surface area contributed by atoms with Gasteiger partial charge < -0.3 is 9.64 Å². The Morgan fingerprint density at radius 1 is 1.05 bits per heavy atom. The standard InChI is InChI=1S/C17H23NO/c1-4-19-17-12-11-14-8-5-6-9-15(14)16(17)10-7-13-18(2)3/h5-6,8-9,11-12H,4,7,10,13H2,1-3H3. The second-order valence-electron chi connectivity index (χ2n) is 5.10. The first-order valence-corrected chi connectivity index (χ1v) is 7.00. The van der Waals surface area contributed by atoms with Crippen molar-refractivity contribution in [2.45, 2.75) is 19.8 Å². The molecule has 2 nitrogen and oxygen atoms in total. The molecule has 0 fully saturated rings. The van der Waals surface area contributed by atoms with Gasteiger partial charge in [-0.15, -0.1) is 0 Å². The Kier molecular flexibility index (Phi) is 4.80. The number of hydrogen-bond donors (Lipinski definition) is 0. The van der Waals surface area contributed by atoms with Crippen molar-refractivity contribution in [2.24, 2.45) is 0 Å². The SMILES string of the molecule is CCOc1ccc2ccccc2c1CCCN(C)C. The zero-order chi connectivity index (χ0) is 13.7. The van der Waals surface area contributed by atoms with Crippen molar-refractivity contribution in [3.63, 3.8) is 0 Å². The number of nitrogens with zero attached hydrogens (tertiary/aromatic N) is 1. The van der Waals surface area contributed by atoms with Crippen LogP contribution in [0.3, 0.4) is 0 Å². The van der Waals surface area contributed by atoms with E-state index in [4.69, 9.17) is 4.74 Å². The summed E-state index contributed by atoms with van der Waals surface area (Å²) in [6.45, 7) is 3.87. The smallest absolute Gasteiger partial charge is 0.123 e. The summed E-state index contributed by atoms with van der Waals surface area (Å²) in [5.74, 6) is 1.04. The fourth-order valence-electron chi connectivity index (χ4n) is 2.44. The fourth-order valence-corrected chi connectivity index (χ4v) is 2.44. The third-order valence-electron chi connectivity index (χ3n) is 3.33. The number of rotatable bonds is 6. The summed E-state index contributed by atoms with van der Waals surface area (Å²) in [4.78, 5) is 2.23. The van der Waals surface area contributed by atoms with Crippen molar-refractivity contribution < 1.29 is 4.74 Å². The Morgan fingerprint density at radius 3 is 2.58 bits per heavy atom. The van der Waals surface area contributed by atoms with Crippen LogP contribution in [-0.4, -0.2) is 32.1 Å². The maximum Gasteiger partial charge on any atom is 0.123 e. The average Bonchev–Trinajstić information content (AvgIpc) is 2.40. The van der Waals surface area contributed by atoms with Crippen LogP contribution in [0, 0.1) is 0 Å². The lowest BCUT2D eigenvalue weighted by Crippen LogP contribution is -2.13. The molecule has 0 aliphatic heterocycles. The van der Waals surface area contributed by atoms with Crippen LogP contribution >= 0.6 is 0 Å². The highest BCUT2D eigenvalue weighted by atomic mass is 16.5. The summed E-state index contributed by atoms with van der Waals surface area (Å²) in [6.07, 6.45) is 2.22. The zero-order valence-electron chi connectivity index (χ0n) is 12.1. The van der Waals surface area contributed by atoms with Crippen molar-refractivity contribution in [3.8, 4) is 5.75 Å². The Hall–Kier alpha value is -1.54. The molecule has 0 saturated heterocycles. The van der Waals surface area contributed by atoms with E-state index in [1.54, 1.807) is 0 Å². The molecule has 0 N–H and O–H groups in total. The quantitative estimate of drug-likeness (QED) is 0.781. The molecule has 0 heterocycles. The highest BCUT2D eigenvalue weighted by molar-refractivity contribution is 5.87. The molecule has 2 rings (SSSR count). The van der Waals surface area contributed by atoms with Gasteiger partial charge in [-0.1, -0.05) is 30.3 Å². The van der Waals surface area contributed by atoms with E-state index in [1.807, 2.05) is 6.92 Å².